The second-order valence-electron chi connectivity index (χ2n) is 6.60. The molecule has 1 unspecified atom stereocenters. The van der Waals surface area contributed by atoms with Crippen molar-refractivity contribution in [3.05, 3.63) is 114 Å². The molecule has 0 saturated carbocycles. The van der Waals surface area contributed by atoms with Gasteiger partial charge >= 0.3 is 0 Å². The summed E-state index contributed by atoms with van der Waals surface area (Å²) in [7, 11) is 0. The molecule has 5 heteroatoms. The van der Waals surface area contributed by atoms with Crippen molar-refractivity contribution in [1.82, 2.24) is 15.0 Å². The molecule has 1 atom stereocenters. The van der Waals surface area contributed by atoms with E-state index in [1.165, 1.54) is 0 Å². The van der Waals surface area contributed by atoms with Gasteiger partial charge in [-0.2, -0.15) is 0 Å². The number of nitrogen functional groups attached to an aromatic ring is 2. The summed E-state index contributed by atoms with van der Waals surface area (Å²) in [6.45, 7) is 0. The molecule has 0 bridgehead atoms. The van der Waals surface area contributed by atoms with E-state index >= 15 is 0 Å². The fourth-order valence-corrected chi connectivity index (χ4v) is 3.53. The third kappa shape index (κ3) is 3.69. The number of nitrogens with zero attached hydrogens (tertiary/aromatic N) is 3. The van der Waals surface area contributed by atoms with Gasteiger partial charge in [-0.05, 0) is 42.0 Å². The largest absolute Gasteiger partial charge is 0.384 e. The smallest absolute Gasteiger partial charge is 0.123 e. The van der Waals surface area contributed by atoms with E-state index in [1.54, 1.807) is 12.1 Å². The predicted octanol–water partition coefficient (Wildman–Crippen LogP) is 4.00. The molecule has 0 fully saturated rings. The second-order valence-corrected chi connectivity index (χ2v) is 6.60. The lowest BCUT2D eigenvalue weighted by Gasteiger charge is -2.27. The van der Waals surface area contributed by atoms with Crippen molar-refractivity contribution in [1.29, 1.82) is 0 Å². The van der Waals surface area contributed by atoms with Gasteiger partial charge in [-0.15, -0.1) is 0 Å². The number of anilines is 2. The first-order valence-corrected chi connectivity index (χ1v) is 9.13. The lowest BCUT2D eigenvalue weighted by Crippen LogP contribution is -2.18. The minimum Gasteiger partial charge on any atom is -0.384 e. The Bertz CT molecular complexity index is 966. The van der Waals surface area contributed by atoms with E-state index in [-0.39, 0.29) is 11.8 Å². The average molecular weight is 367 g/mol. The molecule has 0 aliphatic carbocycles. The van der Waals surface area contributed by atoms with E-state index in [4.69, 9.17) is 11.5 Å². The van der Waals surface area contributed by atoms with Gasteiger partial charge in [0, 0.05) is 17.8 Å². The second kappa shape index (κ2) is 7.88. The van der Waals surface area contributed by atoms with Crippen LogP contribution >= 0.6 is 0 Å². The zero-order valence-corrected chi connectivity index (χ0v) is 15.3. The lowest BCUT2D eigenvalue weighted by molar-refractivity contribution is 0.643. The van der Waals surface area contributed by atoms with Crippen LogP contribution in [0.4, 0.5) is 11.6 Å². The number of hydrogen-bond donors (Lipinski definition) is 2. The van der Waals surface area contributed by atoms with Crippen molar-refractivity contribution in [3.63, 3.8) is 0 Å². The minimum absolute atomic E-state index is 0.0917. The van der Waals surface area contributed by atoms with E-state index in [2.05, 4.69) is 27.1 Å². The van der Waals surface area contributed by atoms with Gasteiger partial charge in [0.15, 0.2) is 0 Å². The molecule has 4 rings (SSSR count). The monoisotopic (exact) mass is 367 g/mol. The van der Waals surface area contributed by atoms with E-state index < -0.39 is 0 Å². The minimum atomic E-state index is -0.190. The van der Waals surface area contributed by atoms with Gasteiger partial charge in [0.05, 0.1) is 17.3 Å². The predicted molar refractivity (Wildman–Crippen MR) is 112 cm³/mol. The number of rotatable bonds is 5. The Labute approximate surface area is 164 Å². The lowest BCUT2D eigenvalue weighted by atomic mass is 9.79. The maximum absolute atomic E-state index is 6.01. The SMILES string of the molecule is Nc1cccc(C(c2cccc(N)n2)C(c2ccccc2)c2ccccn2)n1. The molecule has 0 amide bonds. The molecular formula is C23H21N5. The average Bonchev–Trinajstić information content (AvgIpc) is 2.73. The highest BCUT2D eigenvalue weighted by molar-refractivity contribution is 5.43. The summed E-state index contributed by atoms with van der Waals surface area (Å²) in [5, 5.41) is 0. The fourth-order valence-electron chi connectivity index (χ4n) is 3.53. The molecule has 0 aliphatic heterocycles. The summed E-state index contributed by atoms with van der Waals surface area (Å²) in [6, 6.07) is 27.6. The van der Waals surface area contributed by atoms with Gasteiger partial charge < -0.3 is 11.5 Å². The van der Waals surface area contributed by atoms with Gasteiger partial charge in [-0.3, -0.25) is 4.98 Å². The summed E-state index contributed by atoms with van der Waals surface area (Å²) < 4.78 is 0. The molecule has 3 aromatic heterocycles. The van der Waals surface area contributed by atoms with E-state index in [9.17, 15) is 0 Å². The van der Waals surface area contributed by atoms with E-state index in [1.807, 2.05) is 66.9 Å². The van der Waals surface area contributed by atoms with Crippen LogP contribution in [0.2, 0.25) is 0 Å². The normalized spacial score (nSPS) is 12.0. The molecule has 0 saturated heterocycles. The Morgan fingerprint density at radius 1 is 0.536 bits per heavy atom. The van der Waals surface area contributed by atoms with Gasteiger partial charge in [0.1, 0.15) is 11.6 Å². The number of nitrogens with two attached hydrogens (primary N) is 2. The van der Waals surface area contributed by atoms with Crippen LogP contribution in [0.25, 0.3) is 0 Å². The Kier molecular flexibility index (Phi) is 4.97. The zero-order valence-electron chi connectivity index (χ0n) is 15.3. The van der Waals surface area contributed by atoms with Crippen molar-refractivity contribution in [2.45, 2.75) is 11.8 Å². The number of aromatic nitrogens is 3. The summed E-state index contributed by atoms with van der Waals surface area (Å²) >= 11 is 0. The third-order valence-electron chi connectivity index (χ3n) is 4.72. The van der Waals surface area contributed by atoms with Crippen LogP contribution in [0.15, 0.2) is 91.1 Å². The number of benzene rings is 1. The first-order chi connectivity index (χ1) is 13.7. The van der Waals surface area contributed by atoms with Gasteiger partial charge in [0.25, 0.3) is 0 Å². The van der Waals surface area contributed by atoms with E-state index in [0.717, 1.165) is 22.6 Å². The quantitative estimate of drug-likeness (QED) is 0.556. The molecule has 3 heterocycles. The zero-order chi connectivity index (χ0) is 19.3. The van der Waals surface area contributed by atoms with Crippen LogP contribution in [0, 0.1) is 0 Å². The topological polar surface area (TPSA) is 90.7 Å². The van der Waals surface area contributed by atoms with Crippen molar-refractivity contribution < 1.29 is 0 Å². The van der Waals surface area contributed by atoms with Crippen LogP contribution in [-0.4, -0.2) is 15.0 Å². The first-order valence-electron chi connectivity index (χ1n) is 9.13. The fraction of sp³-hybridized carbons (Fsp3) is 0.0870. The molecule has 4 N–H and O–H groups in total. The summed E-state index contributed by atoms with van der Waals surface area (Å²) in [4.78, 5) is 13.9. The molecule has 4 aromatic rings. The Balaban J connectivity index is 1.96. The van der Waals surface area contributed by atoms with E-state index in [0.29, 0.717) is 11.6 Å². The number of hydrogen-bond acceptors (Lipinski definition) is 5. The maximum Gasteiger partial charge on any atom is 0.123 e. The molecule has 138 valence electrons. The summed E-state index contributed by atoms with van der Waals surface area (Å²) in [5.41, 5.74) is 15.7. The highest BCUT2D eigenvalue weighted by Crippen LogP contribution is 2.41. The highest BCUT2D eigenvalue weighted by atomic mass is 14.9. The van der Waals surface area contributed by atoms with Crippen LogP contribution in [0.3, 0.4) is 0 Å². The third-order valence-corrected chi connectivity index (χ3v) is 4.72. The van der Waals surface area contributed by atoms with Crippen molar-refractivity contribution >= 4 is 11.6 Å². The van der Waals surface area contributed by atoms with Crippen LogP contribution in [0.1, 0.15) is 34.5 Å². The molecular weight excluding hydrogens is 346 g/mol. The van der Waals surface area contributed by atoms with Crippen molar-refractivity contribution in [3.8, 4) is 0 Å². The Morgan fingerprint density at radius 3 is 1.64 bits per heavy atom. The van der Waals surface area contributed by atoms with Gasteiger partial charge in [-0.25, -0.2) is 9.97 Å². The molecule has 1 aromatic carbocycles. The van der Waals surface area contributed by atoms with Gasteiger partial charge in [0.2, 0.25) is 0 Å². The van der Waals surface area contributed by atoms with Crippen molar-refractivity contribution in [2.24, 2.45) is 0 Å². The van der Waals surface area contributed by atoms with Gasteiger partial charge in [-0.1, -0.05) is 48.5 Å². The number of pyridine rings is 3. The molecule has 5 nitrogen and oxygen atoms in total. The first kappa shape index (κ1) is 17.7. The van der Waals surface area contributed by atoms with Crippen LogP contribution in [0.5, 0.6) is 0 Å². The van der Waals surface area contributed by atoms with Crippen LogP contribution < -0.4 is 11.5 Å². The maximum atomic E-state index is 6.01. The molecule has 0 radical (unpaired) electrons. The standard InChI is InChI=1S/C23H21N5/c24-20-13-6-11-18(27-20)23(19-12-7-14-21(25)28-19)22(16-8-2-1-3-9-16)17-10-4-5-15-26-17/h1-15,22-23H,(H2,24,27)(H2,25,28). The summed E-state index contributed by atoms with van der Waals surface area (Å²) in [5.74, 6) is 0.661. The molecule has 0 aliphatic rings. The summed E-state index contributed by atoms with van der Waals surface area (Å²) in [6.07, 6.45) is 1.81. The van der Waals surface area contributed by atoms with Crippen molar-refractivity contribution in [2.75, 3.05) is 11.5 Å². The van der Waals surface area contributed by atoms with Crippen LogP contribution in [-0.2, 0) is 0 Å². The Hall–Kier alpha value is -3.73. The Morgan fingerprint density at radius 2 is 1.11 bits per heavy atom. The molecule has 28 heavy (non-hydrogen) atoms. The highest BCUT2D eigenvalue weighted by Gasteiger charge is 2.31. The molecule has 0 spiro atoms.